The average molecular weight is 322 g/mol. The standard InChI is InChI=1S/C15H18N2O6/c1-9-14(19)17(11-5-3-4-6-12(11)23-9)7-13(18)16-10(8-22-2)15(20)21/h3-6,9-10H,7-8H2,1-2H3,(H,16,18)(H,20,21). The first-order valence-electron chi connectivity index (χ1n) is 7.02. The molecule has 0 saturated heterocycles. The minimum Gasteiger partial charge on any atom is -0.480 e. The summed E-state index contributed by atoms with van der Waals surface area (Å²) < 4.78 is 10.2. The maximum atomic E-state index is 12.2. The van der Waals surface area contributed by atoms with Gasteiger partial charge in [0, 0.05) is 7.11 Å². The molecule has 0 fully saturated rings. The SMILES string of the molecule is COCC(NC(=O)CN1C(=O)C(C)Oc2ccccc21)C(=O)O. The fraction of sp³-hybridized carbons (Fsp3) is 0.400. The number of carboxylic acids is 1. The zero-order chi connectivity index (χ0) is 17.0. The van der Waals surface area contributed by atoms with E-state index in [1.807, 2.05) is 0 Å². The number of fused-ring (bicyclic) bond motifs is 1. The number of aliphatic carboxylic acids is 1. The molecule has 8 nitrogen and oxygen atoms in total. The molecule has 23 heavy (non-hydrogen) atoms. The van der Waals surface area contributed by atoms with Crippen molar-refractivity contribution in [1.82, 2.24) is 5.32 Å². The first-order chi connectivity index (χ1) is 10.9. The number of rotatable bonds is 6. The number of benzene rings is 1. The van der Waals surface area contributed by atoms with E-state index in [1.165, 1.54) is 12.0 Å². The largest absolute Gasteiger partial charge is 0.480 e. The van der Waals surface area contributed by atoms with E-state index < -0.39 is 24.0 Å². The number of ether oxygens (including phenoxy) is 2. The van der Waals surface area contributed by atoms with Crippen molar-refractivity contribution in [2.75, 3.05) is 25.2 Å². The molecule has 0 radical (unpaired) electrons. The van der Waals surface area contributed by atoms with Gasteiger partial charge >= 0.3 is 5.97 Å². The normalized spacial score (nSPS) is 17.9. The van der Waals surface area contributed by atoms with Crippen LogP contribution in [-0.4, -0.2) is 55.3 Å². The molecule has 0 aliphatic carbocycles. The van der Waals surface area contributed by atoms with Gasteiger partial charge in [-0.3, -0.25) is 14.5 Å². The highest BCUT2D eigenvalue weighted by Gasteiger charge is 2.33. The summed E-state index contributed by atoms with van der Waals surface area (Å²) in [5.41, 5.74) is 0.476. The second kappa shape index (κ2) is 7.10. The van der Waals surface area contributed by atoms with Crippen molar-refractivity contribution >= 4 is 23.5 Å². The summed E-state index contributed by atoms with van der Waals surface area (Å²) >= 11 is 0. The Hall–Kier alpha value is -2.61. The summed E-state index contributed by atoms with van der Waals surface area (Å²) in [6, 6.07) is 5.68. The van der Waals surface area contributed by atoms with Crippen molar-refractivity contribution in [3.63, 3.8) is 0 Å². The number of methoxy groups -OCH3 is 1. The van der Waals surface area contributed by atoms with Gasteiger partial charge in [-0.2, -0.15) is 0 Å². The Labute approximate surface area is 133 Å². The van der Waals surface area contributed by atoms with Crippen molar-refractivity contribution in [2.24, 2.45) is 0 Å². The summed E-state index contributed by atoms with van der Waals surface area (Å²) in [5.74, 6) is -1.66. The predicted octanol–water partition coefficient (Wildman–Crippen LogP) is 0.0163. The molecule has 1 aliphatic heterocycles. The van der Waals surface area contributed by atoms with Gasteiger partial charge in [-0.15, -0.1) is 0 Å². The van der Waals surface area contributed by atoms with Gasteiger partial charge < -0.3 is 19.9 Å². The molecule has 8 heteroatoms. The lowest BCUT2D eigenvalue weighted by atomic mass is 10.2. The molecule has 0 spiro atoms. The van der Waals surface area contributed by atoms with Crippen LogP contribution in [0, 0.1) is 0 Å². The third-order valence-corrected chi connectivity index (χ3v) is 3.34. The molecule has 2 atom stereocenters. The molecule has 2 amide bonds. The summed E-state index contributed by atoms with van der Waals surface area (Å²) in [5, 5.41) is 11.3. The highest BCUT2D eigenvalue weighted by atomic mass is 16.5. The van der Waals surface area contributed by atoms with Crippen molar-refractivity contribution < 1.29 is 29.0 Å². The maximum absolute atomic E-state index is 12.2. The summed E-state index contributed by atoms with van der Waals surface area (Å²) in [4.78, 5) is 36.7. The molecule has 0 saturated carbocycles. The molecule has 2 N–H and O–H groups in total. The van der Waals surface area contributed by atoms with Gasteiger partial charge in [-0.1, -0.05) is 12.1 Å². The van der Waals surface area contributed by atoms with Gasteiger partial charge in [0.1, 0.15) is 12.3 Å². The number of para-hydroxylation sites is 2. The maximum Gasteiger partial charge on any atom is 0.328 e. The van der Waals surface area contributed by atoms with Gasteiger partial charge in [0.25, 0.3) is 5.91 Å². The van der Waals surface area contributed by atoms with Crippen LogP contribution in [0.25, 0.3) is 0 Å². The molecule has 1 aromatic rings. The monoisotopic (exact) mass is 322 g/mol. The number of carbonyl (C=O) groups excluding carboxylic acids is 2. The van der Waals surface area contributed by atoms with Crippen molar-refractivity contribution in [3.8, 4) is 5.75 Å². The van der Waals surface area contributed by atoms with E-state index in [1.54, 1.807) is 31.2 Å². The van der Waals surface area contributed by atoms with Crippen LogP contribution >= 0.6 is 0 Å². The molecular weight excluding hydrogens is 304 g/mol. The van der Waals surface area contributed by atoms with Crippen LogP contribution in [0.15, 0.2) is 24.3 Å². The molecule has 2 rings (SSSR count). The van der Waals surface area contributed by atoms with Crippen LogP contribution in [0.4, 0.5) is 5.69 Å². The van der Waals surface area contributed by atoms with E-state index in [-0.39, 0.29) is 19.1 Å². The molecule has 1 aromatic carbocycles. The Balaban J connectivity index is 2.13. The molecule has 2 unspecified atom stereocenters. The van der Waals surface area contributed by atoms with E-state index >= 15 is 0 Å². The molecular formula is C15H18N2O6. The number of carboxylic acid groups (broad SMARTS) is 1. The smallest absolute Gasteiger partial charge is 0.328 e. The average Bonchev–Trinajstić information content (AvgIpc) is 2.51. The number of amides is 2. The topological polar surface area (TPSA) is 105 Å². The van der Waals surface area contributed by atoms with E-state index in [0.717, 1.165) is 0 Å². The lowest BCUT2D eigenvalue weighted by Crippen LogP contribution is -2.52. The fourth-order valence-electron chi connectivity index (χ4n) is 2.25. The molecule has 1 heterocycles. The highest BCUT2D eigenvalue weighted by molar-refractivity contribution is 6.04. The summed E-state index contributed by atoms with van der Waals surface area (Å²) in [7, 11) is 1.34. The Morgan fingerprint density at radius 3 is 2.78 bits per heavy atom. The third-order valence-electron chi connectivity index (χ3n) is 3.34. The zero-order valence-electron chi connectivity index (χ0n) is 12.8. The van der Waals surface area contributed by atoms with Crippen molar-refractivity contribution in [2.45, 2.75) is 19.1 Å². The van der Waals surface area contributed by atoms with Crippen LogP contribution in [0.5, 0.6) is 5.75 Å². The Bertz CT molecular complexity index is 618. The number of carbonyl (C=O) groups is 3. The quantitative estimate of drug-likeness (QED) is 0.765. The first kappa shape index (κ1) is 16.8. The van der Waals surface area contributed by atoms with E-state index in [4.69, 9.17) is 14.6 Å². The number of hydrogen-bond donors (Lipinski definition) is 2. The number of nitrogens with zero attached hydrogens (tertiary/aromatic N) is 1. The van der Waals surface area contributed by atoms with Crippen LogP contribution < -0.4 is 15.0 Å². The predicted molar refractivity (Wildman–Crippen MR) is 80.3 cm³/mol. The lowest BCUT2D eigenvalue weighted by molar-refractivity contribution is -0.143. The third kappa shape index (κ3) is 3.78. The van der Waals surface area contributed by atoms with E-state index in [9.17, 15) is 14.4 Å². The van der Waals surface area contributed by atoms with Crippen LogP contribution in [-0.2, 0) is 19.1 Å². The molecule has 0 bridgehead atoms. The molecule has 0 aromatic heterocycles. The Morgan fingerprint density at radius 2 is 2.13 bits per heavy atom. The fourth-order valence-corrected chi connectivity index (χ4v) is 2.25. The minimum atomic E-state index is -1.21. The lowest BCUT2D eigenvalue weighted by Gasteiger charge is -2.32. The van der Waals surface area contributed by atoms with Gasteiger partial charge in [-0.25, -0.2) is 4.79 Å². The van der Waals surface area contributed by atoms with Gasteiger partial charge in [0.05, 0.1) is 12.3 Å². The van der Waals surface area contributed by atoms with Crippen molar-refractivity contribution in [3.05, 3.63) is 24.3 Å². The second-order valence-corrected chi connectivity index (χ2v) is 5.07. The van der Waals surface area contributed by atoms with Gasteiger partial charge in [-0.05, 0) is 19.1 Å². The van der Waals surface area contributed by atoms with Gasteiger partial charge in [0.2, 0.25) is 5.91 Å². The number of anilines is 1. The summed E-state index contributed by atoms with van der Waals surface area (Å²) in [6.07, 6.45) is -0.716. The Morgan fingerprint density at radius 1 is 1.43 bits per heavy atom. The molecule has 1 aliphatic rings. The molecule has 124 valence electrons. The van der Waals surface area contributed by atoms with E-state index in [0.29, 0.717) is 11.4 Å². The Kier molecular flexibility index (Phi) is 5.17. The minimum absolute atomic E-state index is 0.162. The second-order valence-electron chi connectivity index (χ2n) is 5.07. The van der Waals surface area contributed by atoms with E-state index in [2.05, 4.69) is 5.32 Å². The van der Waals surface area contributed by atoms with Gasteiger partial charge in [0.15, 0.2) is 12.1 Å². The van der Waals surface area contributed by atoms with Crippen LogP contribution in [0.2, 0.25) is 0 Å². The number of hydrogen-bond acceptors (Lipinski definition) is 5. The number of nitrogens with one attached hydrogen (secondary N) is 1. The van der Waals surface area contributed by atoms with Crippen molar-refractivity contribution in [1.29, 1.82) is 0 Å². The summed E-state index contributed by atoms with van der Waals surface area (Å²) in [6.45, 7) is 1.14. The first-order valence-corrected chi connectivity index (χ1v) is 7.02. The zero-order valence-corrected chi connectivity index (χ0v) is 12.8. The highest BCUT2D eigenvalue weighted by Crippen LogP contribution is 2.33. The van der Waals surface area contributed by atoms with Crippen LogP contribution in [0.3, 0.4) is 0 Å². The van der Waals surface area contributed by atoms with Crippen LogP contribution in [0.1, 0.15) is 6.92 Å².